The molecule has 0 amide bonds. The third kappa shape index (κ3) is 3.42. The van der Waals surface area contributed by atoms with Crippen molar-refractivity contribution in [1.82, 2.24) is 15.0 Å². The van der Waals surface area contributed by atoms with Crippen LogP contribution in [0.2, 0.25) is 0 Å². The molecule has 0 fully saturated rings. The zero-order valence-corrected chi connectivity index (χ0v) is 13.9. The minimum absolute atomic E-state index is 0.172. The van der Waals surface area contributed by atoms with Crippen molar-refractivity contribution in [3.8, 4) is 0 Å². The van der Waals surface area contributed by atoms with Gasteiger partial charge in [-0.05, 0) is 38.2 Å². The van der Waals surface area contributed by atoms with Crippen molar-refractivity contribution in [2.45, 2.75) is 39.2 Å². The lowest BCUT2D eigenvalue weighted by atomic mass is 9.97. The van der Waals surface area contributed by atoms with Crippen LogP contribution < -0.4 is 5.56 Å². The first-order chi connectivity index (χ1) is 11.2. The van der Waals surface area contributed by atoms with Crippen LogP contribution in [0.25, 0.3) is 10.2 Å². The maximum Gasteiger partial charge on any atom is 0.328 e. The number of carbonyl (C=O) groups excluding carboxylic acids is 1. The largest absolute Gasteiger partial charge is 0.462 e. The zero-order chi connectivity index (χ0) is 16.2. The summed E-state index contributed by atoms with van der Waals surface area (Å²) >= 11 is 1.54. The molecule has 2 aromatic rings. The summed E-state index contributed by atoms with van der Waals surface area (Å²) < 4.78 is 11.2. The van der Waals surface area contributed by atoms with E-state index in [0.29, 0.717) is 23.4 Å². The number of hydrogen-bond acceptors (Lipinski definition) is 7. The Bertz CT molecular complexity index is 768. The molecule has 7 nitrogen and oxygen atoms in total. The van der Waals surface area contributed by atoms with Gasteiger partial charge >= 0.3 is 5.97 Å². The molecule has 0 spiro atoms. The highest BCUT2D eigenvalue weighted by atomic mass is 32.1. The lowest BCUT2D eigenvalue weighted by molar-refractivity contribution is -0.146. The molecule has 3 rings (SSSR count). The summed E-state index contributed by atoms with van der Waals surface area (Å²) in [7, 11) is 0. The summed E-state index contributed by atoms with van der Waals surface area (Å²) in [6.45, 7) is 2.74. The first kappa shape index (κ1) is 16.1. The van der Waals surface area contributed by atoms with E-state index in [-0.39, 0.29) is 18.7 Å². The average Bonchev–Trinajstić information content (AvgIpc) is 2.93. The van der Waals surface area contributed by atoms with E-state index < -0.39 is 5.97 Å². The number of fused-ring (bicyclic) bond motifs is 3. The van der Waals surface area contributed by atoms with Gasteiger partial charge < -0.3 is 9.47 Å². The second kappa shape index (κ2) is 7.18. The molecule has 0 radical (unpaired) electrons. The summed E-state index contributed by atoms with van der Waals surface area (Å²) in [6, 6.07) is 0. The van der Waals surface area contributed by atoms with Crippen LogP contribution in [0.4, 0.5) is 0 Å². The van der Waals surface area contributed by atoms with Crippen molar-refractivity contribution >= 4 is 27.5 Å². The SMILES string of the molecule is CCOCCOC(=O)Cn1nnc2sc3c(c2c1=O)CCCC3. The molecule has 23 heavy (non-hydrogen) atoms. The number of aryl methyl sites for hydroxylation is 2. The fraction of sp³-hybridized carbons (Fsp3) is 0.600. The molecule has 0 saturated carbocycles. The van der Waals surface area contributed by atoms with Crippen molar-refractivity contribution in [3.63, 3.8) is 0 Å². The highest BCUT2D eigenvalue weighted by Crippen LogP contribution is 2.33. The summed E-state index contributed by atoms with van der Waals surface area (Å²) in [5.74, 6) is -0.510. The van der Waals surface area contributed by atoms with Crippen LogP contribution in [0.1, 0.15) is 30.2 Å². The number of aromatic nitrogens is 3. The lowest BCUT2D eigenvalue weighted by Gasteiger charge is -2.10. The Morgan fingerprint density at radius 2 is 2.13 bits per heavy atom. The quantitative estimate of drug-likeness (QED) is 0.584. The van der Waals surface area contributed by atoms with Gasteiger partial charge in [0.2, 0.25) is 0 Å². The molecule has 0 saturated heterocycles. The normalized spacial score (nSPS) is 14.0. The molecule has 124 valence electrons. The first-order valence-corrected chi connectivity index (χ1v) is 8.63. The van der Waals surface area contributed by atoms with Gasteiger partial charge in [-0.3, -0.25) is 9.59 Å². The fourth-order valence-electron chi connectivity index (χ4n) is 2.74. The standard InChI is InChI=1S/C15H19N3O4S/c1-2-21-7-8-22-12(19)9-18-15(20)13-10-5-3-4-6-11(10)23-14(13)16-17-18/h2-9H2,1H3. The Hall–Kier alpha value is -1.80. The van der Waals surface area contributed by atoms with Crippen molar-refractivity contribution < 1.29 is 14.3 Å². The molecule has 8 heteroatoms. The van der Waals surface area contributed by atoms with E-state index in [1.165, 1.54) is 4.88 Å². The van der Waals surface area contributed by atoms with Crippen LogP contribution in [0.3, 0.4) is 0 Å². The smallest absolute Gasteiger partial charge is 0.328 e. The number of rotatable bonds is 6. The lowest BCUT2D eigenvalue weighted by Crippen LogP contribution is -2.29. The molecule has 0 aliphatic heterocycles. The molecular formula is C15H19N3O4S. The monoisotopic (exact) mass is 337 g/mol. The van der Waals surface area contributed by atoms with Gasteiger partial charge in [0.15, 0.2) is 4.83 Å². The Morgan fingerprint density at radius 1 is 1.30 bits per heavy atom. The summed E-state index contributed by atoms with van der Waals surface area (Å²) in [4.78, 5) is 26.3. The van der Waals surface area contributed by atoms with E-state index in [1.54, 1.807) is 11.3 Å². The second-order valence-electron chi connectivity index (χ2n) is 5.36. The summed E-state index contributed by atoms with van der Waals surface area (Å²) in [5, 5.41) is 8.60. The number of hydrogen-bond donors (Lipinski definition) is 0. The van der Waals surface area contributed by atoms with Gasteiger partial charge in [0, 0.05) is 11.5 Å². The number of nitrogens with zero attached hydrogens (tertiary/aromatic N) is 3. The van der Waals surface area contributed by atoms with E-state index in [1.807, 2.05) is 6.92 Å². The van der Waals surface area contributed by atoms with Crippen molar-refractivity contribution in [3.05, 3.63) is 20.8 Å². The van der Waals surface area contributed by atoms with E-state index in [4.69, 9.17) is 9.47 Å². The summed E-state index contributed by atoms with van der Waals surface area (Å²) in [5.41, 5.74) is 0.839. The average molecular weight is 337 g/mol. The Balaban J connectivity index is 1.78. The molecule has 2 heterocycles. The molecule has 0 bridgehead atoms. The van der Waals surface area contributed by atoms with Crippen LogP contribution in [-0.4, -0.2) is 40.8 Å². The molecule has 0 unspecified atom stereocenters. The Kier molecular flexibility index (Phi) is 5.02. The van der Waals surface area contributed by atoms with Crippen LogP contribution in [0.5, 0.6) is 0 Å². The zero-order valence-electron chi connectivity index (χ0n) is 13.0. The van der Waals surface area contributed by atoms with Gasteiger partial charge in [0.25, 0.3) is 5.56 Å². The maximum absolute atomic E-state index is 12.6. The minimum Gasteiger partial charge on any atom is -0.462 e. The topological polar surface area (TPSA) is 83.3 Å². The van der Waals surface area contributed by atoms with Crippen LogP contribution in [0, 0.1) is 0 Å². The predicted molar refractivity (Wildman–Crippen MR) is 85.8 cm³/mol. The second-order valence-corrected chi connectivity index (χ2v) is 6.44. The van der Waals surface area contributed by atoms with Crippen molar-refractivity contribution in [2.75, 3.05) is 19.8 Å². The van der Waals surface area contributed by atoms with Gasteiger partial charge in [-0.2, -0.15) is 4.68 Å². The maximum atomic E-state index is 12.6. The van der Waals surface area contributed by atoms with E-state index >= 15 is 0 Å². The fourth-order valence-corrected chi connectivity index (χ4v) is 3.93. The van der Waals surface area contributed by atoms with Gasteiger partial charge in [-0.1, -0.05) is 5.21 Å². The van der Waals surface area contributed by atoms with E-state index in [9.17, 15) is 9.59 Å². The highest BCUT2D eigenvalue weighted by molar-refractivity contribution is 7.18. The van der Waals surface area contributed by atoms with E-state index in [2.05, 4.69) is 10.3 Å². The number of carbonyl (C=O) groups is 1. The molecule has 2 aromatic heterocycles. The molecule has 0 aromatic carbocycles. The molecule has 0 N–H and O–H groups in total. The Morgan fingerprint density at radius 3 is 2.96 bits per heavy atom. The number of esters is 1. The summed E-state index contributed by atoms with van der Waals surface area (Å²) in [6.07, 6.45) is 4.12. The van der Waals surface area contributed by atoms with Crippen LogP contribution in [0.15, 0.2) is 4.79 Å². The molecule has 0 atom stereocenters. The van der Waals surface area contributed by atoms with Crippen molar-refractivity contribution in [2.24, 2.45) is 0 Å². The van der Waals surface area contributed by atoms with Gasteiger partial charge in [0.05, 0.1) is 12.0 Å². The molecular weight excluding hydrogens is 318 g/mol. The Labute approximate surface area is 137 Å². The van der Waals surface area contributed by atoms with Gasteiger partial charge in [-0.25, -0.2) is 0 Å². The molecule has 1 aliphatic carbocycles. The van der Waals surface area contributed by atoms with Gasteiger partial charge in [0.1, 0.15) is 13.2 Å². The predicted octanol–water partition coefficient (Wildman–Crippen LogP) is 1.31. The number of thiophene rings is 1. The highest BCUT2D eigenvalue weighted by Gasteiger charge is 2.21. The third-order valence-corrected chi connectivity index (χ3v) is 4.99. The third-order valence-electron chi connectivity index (χ3n) is 3.82. The van der Waals surface area contributed by atoms with Crippen LogP contribution >= 0.6 is 11.3 Å². The van der Waals surface area contributed by atoms with Gasteiger partial charge in [-0.15, -0.1) is 16.4 Å². The van der Waals surface area contributed by atoms with Crippen molar-refractivity contribution in [1.29, 1.82) is 0 Å². The van der Waals surface area contributed by atoms with E-state index in [0.717, 1.165) is 35.9 Å². The minimum atomic E-state index is -0.510. The number of ether oxygens (including phenoxy) is 2. The van der Waals surface area contributed by atoms with Crippen LogP contribution in [-0.2, 0) is 33.7 Å². The molecule has 1 aliphatic rings. The first-order valence-electron chi connectivity index (χ1n) is 7.82.